The molecule has 0 saturated heterocycles. The van der Waals surface area contributed by atoms with E-state index >= 15 is 0 Å². The van der Waals surface area contributed by atoms with Crippen LogP contribution in [-0.2, 0) is 9.84 Å². The van der Waals surface area contributed by atoms with E-state index in [9.17, 15) is 13.5 Å². The summed E-state index contributed by atoms with van der Waals surface area (Å²) in [6.07, 6.45) is 0.568. The zero-order valence-corrected chi connectivity index (χ0v) is 13.0. The second-order valence-corrected chi connectivity index (χ2v) is 7.47. The number of benzene rings is 2. The lowest BCUT2D eigenvalue weighted by molar-refractivity contribution is 0.169. The van der Waals surface area contributed by atoms with Crippen molar-refractivity contribution < 1.29 is 13.5 Å². The molecule has 2 rings (SSSR count). The minimum absolute atomic E-state index is 0.389. The van der Waals surface area contributed by atoms with E-state index in [4.69, 9.17) is 0 Å². The third-order valence-corrected chi connectivity index (χ3v) is 5.35. The number of rotatable bonds is 5. The van der Waals surface area contributed by atoms with Crippen molar-refractivity contribution in [3.63, 3.8) is 0 Å². The van der Waals surface area contributed by atoms with E-state index in [1.807, 2.05) is 42.5 Å². The molecular weight excluding hydrogens is 284 g/mol. The van der Waals surface area contributed by atoms with Crippen molar-refractivity contribution in [3.05, 3.63) is 60.2 Å². The van der Waals surface area contributed by atoms with E-state index in [0.717, 1.165) is 11.1 Å². The molecule has 0 radical (unpaired) electrons. The molecule has 2 unspecified atom stereocenters. The van der Waals surface area contributed by atoms with Gasteiger partial charge in [-0.2, -0.15) is 0 Å². The largest absolute Gasteiger partial charge is 0.387 e. The Labute approximate surface area is 126 Å². The number of sulfone groups is 1. The molecule has 0 aliphatic rings. The lowest BCUT2D eigenvalue weighted by Crippen LogP contribution is -2.26. The Kier molecular flexibility index (Phi) is 4.80. The topological polar surface area (TPSA) is 54.4 Å². The van der Waals surface area contributed by atoms with Crippen LogP contribution in [0.15, 0.2) is 54.6 Å². The van der Waals surface area contributed by atoms with Gasteiger partial charge in [-0.05, 0) is 23.1 Å². The van der Waals surface area contributed by atoms with Crippen molar-refractivity contribution in [3.8, 4) is 11.1 Å². The summed E-state index contributed by atoms with van der Waals surface area (Å²) in [7, 11) is -3.27. The van der Waals surface area contributed by atoms with E-state index in [1.165, 1.54) is 6.26 Å². The van der Waals surface area contributed by atoms with Gasteiger partial charge in [0.05, 0.1) is 11.4 Å². The normalized spacial score (nSPS) is 14.6. The van der Waals surface area contributed by atoms with Gasteiger partial charge in [0.15, 0.2) is 9.84 Å². The molecule has 0 heterocycles. The lowest BCUT2D eigenvalue weighted by Gasteiger charge is -2.20. The molecule has 0 aromatic heterocycles. The Morgan fingerprint density at radius 2 is 1.48 bits per heavy atom. The van der Waals surface area contributed by atoms with Crippen LogP contribution in [0.5, 0.6) is 0 Å². The van der Waals surface area contributed by atoms with E-state index in [1.54, 1.807) is 19.1 Å². The number of aliphatic hydroxyl groups is 1. The summed E-state index contributed by atoms with van der Waals surface area (Å²) in [4.78, 5) is 0. The predicted molar refractivity (Wildman–Crippen MR) is 85.8 cm³/mol. The Hall–Kier alpha value is -1.65. The minimum Gasteiger partial charge on any atom is -0.387 e. The fraction of sp³-hybridized carbons (Fsp3) is 0.294. The predicted octanol–water partition coefficient (Wildman–Crippen LogP) is 3.21. The highest BCUT2D eigenvalue weighted by molar-refractivity contribution is 7.91. The first kappa shape index (κ1) is 15.7. The van der Waals surface area contributed by atoms with Gasteiger partial charge in [-0.1, -0.05) is 61.5 Å². The van der Waals surface area contributed by atoms with Crippen molar-refractivity contribution in [1.82, 2.24) is 0 Å². The van der Waals surface area contributed by atoms with Crippen molar-refractivity contribution in [2.45, 2.75) is 24.7 Å². The highest BCUT2D eigenvalue weighted by atomic mass is 32.2. The molecule has 0 bridgehead atoms. The van der Waals surface area contributed by atoms with Gasteiger partial charge in [-0.25, -0.2) is 8.42 Å². The van der Waals surface area contributed by atoms with Gasteiger partial charge in [-0.15, -0.1) is 0 Å². The van der Waals surface area contributed by atoms with Crippen LogP contribution in [0.1, 0.15) is 25.0 Å². The van der Waals surface area contributed by atoms with Gasteiger partial charge >= 0.3 is 0 Å². The third kappa shape index (κ3) is 3.71. The van der Waals surface area contributed by atoms with Crippen molar-refractivity contribution >= 4 is 9.84 Å². The number of aliphatic hydroxyl groups excluding tert-OH is 1. The van der Waals surface area contributed by atoms with E-state index in [-0.39, 0.29) is 0 Å². The summed E-state index contributed by atoms with van der Waals surface area (Å²) in [5, 5.41) is 9.53. The fourth-order valence-electron chi connectivity index (χ4n) is 2.48. The summed E-state index contributed by atoms with van der Waals surface area (Å²) < 4.78 is 23.4. The molecule has 0 aliphatic heterocycles. The first-order chi connectivity index (χ1) is 9.93. The van der Waals surface area contributed by atoms with Gasteiger partial charge in [0, 0.05) is 6.26 Å². The average molecular weight is 304 g/mol. The van der Waals surface area contributed by atoms with Crippen LogP contribution in [0.25, 0.3) is 11.1 Å². The molecule has 0 amide bonds. The van der Waals surface area contributed by atoms with E-state index < -0.39 is 21.2 Å². The third-order valence-electron chi connectivity index (χ3n) is 3.66. The van der Waals surface area contributed by atoms with Crippen LogP contribution in [0.3, 0.4) is 0 Å². The Balaban J connectivity index is 2.27. The summed E-state index contributed by atoms with van der Waals surface area (Å²) in [6.45, 7) is 1.77. The molecule has 2 aromatic rings. The Morgan fingerprint density at radius 3 is 1.95 bits per heavy atom. The number of hydrogen-bond donors (Lipinski definition) is 1. The average Bonchev–Trinajstić information content (AvgIpc) is 2.47. The Morgan fingerprint density at radius 1 is 0.952 bits per heavy atom. The van der Waals surface area contributed by atoms with Crippen LogP contribution < -0.4 is 0 Å². The maximum absolute atomic E-state index is 11.7. The molecule has 1 N–H and O–H groups in total. The molecule has 21 heavy (non-hydrogen) atoms. The van der Waals surface area contributed by atoms with E-state index in [2.05, 4.69) is 0 Å². The maximum Gasteiger partial charge on any atom is 0.153 e. The zero-order chi connectivity index (χ0) is 15.5. The SMILES string of the molecule is CCC(C(O)c1ccc(-c2ccccc2)cc1)S(C)(=O)=O. The zero-order valence-electron chi connectivity index (χ0n) is 12.2. The highest BCUT2D eigenvalue weighted by Crippen LogP contribution is 2.27. The van der Waals surface area contributed by atoms with E-state index in [0.29, 0.717) is 12.0 Å². The number of hydrogen-bond acceptors (Lipinski definition) is 3. The second kappa shape index (κ2) is 6.41. The van der Waals surface area contributed by atoms with Gasteiger partial charge in [-0.3, -0.25) is 0 Å². The minimum atomic E-state index is -3.27. The van der Waals surface area contributed by atoms with Crippen molar-refractivity contribution in [2.24, 2.45) is 0 Å². The molecule has 2 aromatic carbocycles. The van der Waals surface area contributed by atoms with Crippen LogP contribution in [0.2, 0.25) is 0 Å². The quantitative estimate of drug-likeness (QED) is 0.923. The summed E-state index contributed by atoms with van der Waals surface area (Å²) >= 11 is 0. The molecule has 0 spiro atoms. The molecule has 3 nitrogen and oxygen atoms in total. The maximum atomic E-state index is 11.7. The summed E-state index contributed by atoms with van der Waals surface area (Å²) in [5.74, 6) is 0. The van der Waals surface area contributed by atoms with Crippen LogP contribution in [0, 0.1) is 0 Å². The van der Waals surface area contributed by atoms with Gasteiger partial charge in [0.2, 0.25) is 0 Å². The lowest BCUT2D eigenvalue weighted by atomic mass is 10.00. The van der Waals surface area contributed by atoms with Gasteiger partial charge in [0.1, 0.15) is 0 Å². The molecule has 112 valence electrons. The molecule has 0 aliphatic carbocycles. The Bertz CT molecular complexity index is 676. The molecular formula is C17H20O3S. The van der Waals surface area contributed by atoms with Gasteiger partial charge < -0.3 is 5.11 Å². The van der Waals surface area contributed by atoms with Crippen LogP contribution in [0.4, 0.5) is 0 Å². The first-order valence-corrected chi connectivity index (χ1v) is 8.91. The fourth-order valence-corrected chi connectivity index (χ4v) is 3.71. The second-order valence-electron chi connectivity index (χ2n) is 5.21. The van der Waals surface area contributed by atoms with Crippen LogP contribution in [-0.4, -0.2) is 25.0 Å². The summed E-state index contributed by atoms with van der Waals surface area (Å²) in [5.41, 5.74) is 2.76. The molecule has 0 saturated carbocycles. The van der Waals surface area contributed by atoms with Gasteiger partial charge in [0.25, 0.3) is 0 Å². The monoisotopic (exact) mass is 304 g/mol. The molecule has 0 fully saturated rings. The molecule has 4 heteroatoms. The standard InChI is InChI=1S/C17H20O3S/c1-3-16(21(2,19)20)17(18)15-11-9-14(10-12-15)13-7-5-4-6-8-13/h4-12,16-18H,3H2,1-2H3. The first-order valence-electron chi connectivity index (χ1n) is 6.95. The molecule has 2 atom stereocenters. The van der Waals surface area contributed by atoms with Crippen LogP contribution >= 0.6 is 0 Å². The summed E-state index contributed by atoms with van der Waals surface area (Å²) in [6, 6.07) is 17.3. The van der Waals surface area contributed by atoms with Crippen molar-refractivity contribution in [2.75, 3.05) is 6.26 Å². The smallest absolute Gasteiger partial charge is 0.153 e. The highest BCUT2D eigenvalue weighted by Gasteiger charge is 2.28. The van der Waals surface area contributed by atoms with Crippen molar-refractivity contribution in [1.29, 1.82) is 0 Å².